The van der Waals surface area contributed by atoms with Crippen molar-refractivity contribution in [2.45, 2.75) is 232 Å². The first-order valence-corrected chi connectivity index (χ1v) is 24.4. The van der Waals surface area contributed by atoms with Gasteiger partial charge in [-0.25, -0.2) is 0 Å². The highest BCUT2D eigenvalue weighted by Crippen LogP contribution is 2.13. The summed E-state index contributed by atoms with van der Waals surface area (Å²) in [5.41, 5.74) is 0. The lowest BCUT2D eigenvalue weighted by Gasteiger charge is -2.18. The van der Waals surface area contributed by atoms with Crippen LogP contribution in [0.4, 0.5) is 0 Å². The minimum atomic E-state index is -0.794. The molecule has 0 unspecified atom stereocenters. The topological polar surface area (TPSA) is 78.9 Å². The van der Waals surface area contributed by atoms with Crippen LogP contribution in [0, 0.1) is 0 Å². The number of allylic oxidation sites excluding steroid dienone is 12. The Hall–Kier alpha value is -3.15. The molecule has 0 amide bonds. The number of unbranched alkanes of at least 4 members (excludes halogenated alkanes) is 20. The van der Waals surface area contributed by atoms with Crippen LogP contribution >= 0.6 is 0 Å². The summed E-state index contributed by atoms with van der Waals surface area (Å²) in [6.45, 7) is 6.48. The molecule has 338 valence electrons. The molecule has 0 aliphatic heterocycles. The second-order valence-electron chi connectivity index (χ2n) is 16.0. The highest BCUT2D eigenvalue weighted by molar-refractivity contribution is 5.71. The van der Waals surface area contributed by atoms with Gasteiger partial charge in [0.05, 0.1) is 0 Å². The van der Waals surface area contributed by atoms with Crippen molar-refractivity contribution < 1.29 is 28.6 Å². The Bertz CT molecular complexity index is 1130. The van der Waals surface area contributed by atoms with Gasteiger partial charge < -0.3 is 14.2 Å². The Morgan fingerprint density at radius 2 is 0.627 bits per heavy atom. The molecule has 0 aliphatic rings. The second kappa shape index (κ2) is 47.5. The van der Waals surface area contributed by atoms with E-state index < -0.39 is 6.10 Å². The average molecular weight is 823 g/mol. The Balaban J connectivity index is 4.42. The number of rotatable bonds is 43. The number of hydrogen-bond acceptors (Lipinski definition) is 6. The Labute approximate surface area is 363 Å². The molecule has 0 aromatic carbocycles. The quantitative estimate of drug-likeness (QED) is 0.0264. The highest BCUT2D eigenvalue weighted by Gasteiger charge is 2.19. The van der Waals surface area contributed by atoms with Crippen LogP contribution in [0.5, 0.6) is 0 Å². The SMILES string of the molecule is CCCC/C=C\CCCCCCCC(=O)OC[C@@H](COC(=O)CCCCC/C=C\C/C=C\C/C=C\C/C=C\CCCCC)OC(=O)CCCCCCC/C=C\CCCC. The van der Waals surface area contributed by atoms with E-state index in [0.29, 0.717) is 19.3 Å². The van der Waals surface area contributed by atoms with Crippen molar-refractivity contribution in [2.24, 2.45) is 0 Å². The summed E-state index contributed by atoms with van der Waals surface area (Å²) in [5, 5.41) is 0. The maximum atomic E-state index is 12.7. The van der Waals surface area contributed by atoms with Crippen molar-refractivity contribution in [2.75, 3.05) is 13.2 Å². The highest BCUT2D eigenvalue weighted by atomic mass is 16.6. The monoisotopic (exact) mass is 823 g/mol. The van der Waals surface area contributed by atoms with E-state index in [0.717, 1.165) is 103 Å². The van der Waals surface area contributed by atoms with Crippen molar-refractivity contribution in [3.8, 4) is 0 Å². The van der Waals surface area contributed by atoms with Gasteiger partial charge in [-0.3, -0.25) is 14.4 Å². The molecule has 0 aromatic rings. The summed E-state index contributed by atoms with van der Waals surface area (Å²) in [5.74, 6) is -0.949. The molecule has 6 heteroatoms. The summed E-state index contributed by atoms with van der Waals surface area (Å²) in [6, 6.07) is 0. The lowest BCUT2D eigenvalue weighted by molar-refractivity contribution is -0.167. The standard InChI is InChI=1S/C53H90O6/c1-4-7-10-13-16-19-22-23-24-25-26-27-28-29-32-34-37-40-43-46-52(55)58-49-50(59-53(56)47-44-41-38-35-31-21-18-15-12-9-6-3)48-57-51(54)45-42-39-36-33-30-20-17-14-11-8-5-2/h14-19,23-24,26-27,29,32,50H,4-13,20-22,25,28,30-31,33-49H2,1-3H3/b17-14-,18-15-,19-16-,24-23-,27-26-,32-29-/t50-/m0/s1. The van der Waals surface area contributed by atoms with E-state index in [1.165, 1.54) is 83.5 Å². The van der Waals surface area contributed by atoms with Crippen molar-refractivity contribution in [3.63, 3.8) is 0 Å². The van der Waals surface area contributed by atoms with E-state index in [1.807, 2.05) is 0 Å². The summed E-state index contributed by atoms with van der Waals surface area (Å²) < 4.78 is 16.7. The van der Waals surface area contributed by atoms with Gasteiger partial charge in [-0.05, 0) is 103 Å². The molecule has 0 N–H and O–H groups in total. The van der Waals surface area contributed by atoms with Crippen LogP contribution in [-0.4, -0.2) is 37.2 Å². The lowest BCUT2D eigenvalue weighted by atomic mass is 10.1. The predicted molar refractivity (Wildman–Crippen MR) is 251 cm³/mol. The Morgan fingerprint density at radius 1 is 0.339 bits per heavy atom. The van der Waals surface area contributed by atoms with Crippen molar-refractivity contribution >= 4 is 17.9 Å². The summed E-state index contributed by atoms with van der Waals surface area (Å²) in [6.07, 6.45) is 58.8. The van der Waals surface area contributed by atoms with Gasteiger partial charge in [-0.1, -0.05) is 177 Å². The molecular weight excluding hydrogens is 733 g/mol. The van der Waals surface area contributed by atoms with E-state index in [1.54, 1.807) is 0 Å². The fraction of sp³-hybridized carbons (Fsp3) is 0.717. The number of carbonyl (C=O) groups excluding carboxylic acids is 3. The maximum absolute atomic E-state index is 12.7. The molecule has 6 nitrogen and oxygen atoms in total. The first-order chi connectivity index (χ1) is 29.0. The summed E-state index contributed by atoms with van der Waals surface area (Å²) in [4.78, 5) is 37.8. The van der Waals surface area contributed by atoms with Gasteiger partial charge in [0.1, 0.15) is 13.2 Å². The largest absolute Gasteiger partial charge is 0.462 e. The van der Waals surface area contributed by atoms with Crippen LogP contribution < -0.4 is 0 Å². The third-order valence-electron chi connectivity index (χ3n) is 10.2. The number of esters is 3. The van der Waals surface area contributed by atoms with E-state index in [4.69, 9.17) is 14.2 Å². The van der Waals surface area contributed by atoms with Crippen LogP contribution in [0.25, 0.3) is 0 Å². The molecule has 0 fully saturated rings. The first kappa shape index (κ1) is 55.9. The van der Waals surface area contributed by atoms with Crippen molar-refractivity contribution in [1.29, 1.82) is 0 Å². The maximum Gasteiger partial charge on any atom is 0.306 e. The first-order valence-electron chi connectivity index (χ1n) is 24.4. The number of carbonyl (C=O) groups is 3. The molecule has 0 aliphatic carbocycles. The Kier molecular flexibility index (Phi) is 45.0. The van der Waals surface area contributed by atoms with Crippen molar-refractivity contribution in [3.05, 3.63) is 72.9 Å². The Morgan fingerprint density at radius 3 is 1.03 bits per heavy atom. The molecule has 0 radical (unpaired) electrons. The molecule has 0 aromatic heterocycles. The fourth-order valence-electron chi connectivity index (χ4n) is 6.39. The molecule has 0 spiro atoms. The van der Waals surface area contributed by atoms with Gasteiger partial charge in [-0.15, -0.1) is 0 Å². The van der Waals surface area contributed by atoms with Crippen molar-refractivity contribution in [1.82, 2.24) is 0 Å². The van der Waals surface area contributed by atoms with Gasteiger partial charge in [0.2, 0.25) is 0 Å². The minimum Gasteiger partial charge on any atom is -0.462 e. The van der Waals surface area contributed by atoms with E-state index in [2.05, 4.69) is 93.7 Å². The van der Waals surface area contributed by atoms with Crippen LogP contribution in [0.15, 0.2) is 72.9 Å². The van der Waals surface area contributed by atoms with Crippen LogP contribution in [0.2, 0.25) is 0 Å². The molecule has 0 saturated heterocycles. The van der Waals surface area contributed by atoms with Gasteiger partial charge in [0.15, 0.2) is 6.10 Å². The number of ether oxygens (including phenoxy) is 3. The van der Waals surface area contributed by atoms with Crippen LogP contribution in [0.3, 0.4) is 0 Å². The predicted octanol–water partition coefficient (Wildman–Crippen LogP) is 15.9. The summed E-state index contributed by atoms with van der Waals surface area (Å²) >= 11 is 0. The third-order valence-corrected chi connectivity index (χ3v) is 10.2. The van der Waals surface area contributed by atoms with E-state index >= 15 is 0 Å². The van der Waals surface area contributed by atoms with Crippen LogP contribution in [-0.2, 0) is 28.6 Å². The molecule has 0 rings (SSSR count). The molecule has 1 atom stereocenters. The third kappa shape index (κ3) is 45.8. The molecule has 0 heterocycles. The minimum absolute atomic E-state index is 0.0942. The van der Waals surface area contributed by atoms with Gasteiger partial charge in [-0.2, -0.15) is 0 Å². The summed E-state index contributed by atoms with van der Waals surface area (Å²) in [7, 11) is 0. The van der Waals surface area contributed by atoms with Gasteiger partial charge in [0, 0.05) is 19.3 Å². The van der Waals surface area contributed by atoms with E-state index in [-0.39, 0.29) is 31.1 Å². The van der Waals surface area contributed by atoms with Crippen LogP contribution in [0.1, 0.15) is 226 Å². The molecule has 0 bridgehead atoms. The average Bonchev–Trinajstić information content (AvgIpc) is 3.23. The zero-order chi connectivity index (χ0) is 43.0. The fourth-order valence-corrected chi connectivity index (χ4v) is 6.39. The molecule has 59 heavy (non-hydrogen) atoms. The smallest absolute Gasteiger partial charge is 0.306 e. The number of hydrogen-bond donors (Lipinski definition) is 0. The second-order valence-corrected chi connectivity index (χ2v) is 16.0. The van der Waals surface area contributed by atoms with Gasteiger partial charge in [0.25, 0.3) is 0 Å². The zero-order valence-corrected chi connectivity index (χ0v) is 38.5. The normalized spacial score (nSPS) is 12.7. The molecular formula is C53H90O6. The lowest BCUT2D eigenvalue weighted by Crippen LogP contribution is -2.30. The van der Waals surface area contributed by atoms with Gasteiger partial charge >= 0.3 is 17.9 Å². The zero-order valence-electron chi connectivity index (χ0n) is 38.5. The molecule has 0 saturated carbocycles. The van der Waals surface area contributed by atoms with E-state index in [9.17, 15) is 14.4 Å².